The van der Waals surface area contributed by atoms with E-state index in [1.807, 2.05) is 19.1 Å². The number of nitrogens with zero attached hydrogens (tertiary/aromatic N) is 3. The van der Waals surface area contributed by atoms with E-state index in [0.29, 0.717) is 58.3 Å². The van der Waals surface area contributed by atoms with Crippen LogP contribution in [0, 0.1) is 36.5 Å². The van der Waals surface area contributed by atoms with Gasteiger partial charge in [-0.15, -0.1) is 16.8 Å². The maximum atomic E-state index is 15.1. The molecule has 400 valence electrons. The molecule has 1 aromatic rings. The van der Waals surface area contributed by atoms with Crippen LogP contribution in [0.4, 0.5) is 23.7 Å². The van der Waals surface area contributed by atoms with E-state index in [4.69, 9.17) is 30.6 Å². The van der Waals surface area contributed by atoms with Gasteiger partial charge in [0, 0.05) is 44.6 Å². The highest BCUT2D eigenvalue weighted by atomic mass is 35.5. The molecular formula is C51H64ClF3N4O13S. The Morgan fingerprint density at radius 2 is 1.68 bits per heavy atom. The summed E-state index contributed by atoms with van der Waals surface area (Å²) in [6.07, 6.45) is -2.84. The van der Waals surface area contributed by atoms with Crippen LogP contribution in [0.25, 0.3) is 0 Å². The highest BCUT2D eigenvalue weighted by Gasteiger charge is 2.64. The fourth-order valence-electron chi connectivity index (χ4n) is 10.7. The lowest BCUT2D eigenvalue weighted by Crippen LogP contribution is -2.60. The van der Waals surface area contributed by atoms with Crippen molar-refractivity contribution in [1.29, 1.82) is 0 Å². The predicted molar refractivity (Wildman–Crippen MR) is 259 cm³/mol. The Morgan fingerprint density at radius 1 is 1.03 bits per heavy atom. The average Bonchev–Trinajstić information content (AvgIpc) is 3.83. The molecule has 7 rings (SSSR count). The number of amides is 4. The number of Topliss-reactive ketones (excluding diaryl/α,β-unsaturated/α-hetero) is 2. The first kappa shape index (κ1) is 55.9. The molecule has 17 nitrogen and oxygen atoms in total. The van der Waals surface area contributed by atoms with E-state index in [-0.39, 0.29) is 43.4 Å². The number of nitrogens with one attached hydrogen (secondary N) is 1. The average molecular weight is 1070 g/mol. The van der Waals surface area contributed by atoms with Crippen molar-refractivity contribution in [3.8, 4) is 0 Å². The minimum Gasteiger partial charge on any atom is -0.457 e. The van der Waals surface area contributed by atoms with Crippen LogP contribution in [0.3, 0.4) is 0 Å². The third-order valence-corrected chi connectivity index (χ3v) is 17.7. The molecule has 3 saturated heterocycles. The van der Waals surface area contributed by atoms with E-state index in [0.717, 1.165) is 18.2 Å². The Bertz CT molecular complexity index is 2450. The number of carbonyl (C=O) groups excluding carboxylic acids is 8. The van der Waals surface area contributed by atoms with Gasteiger partial charge in [-0.05, 0) is 96.4 Å². The van der Waals surface area contributed by atoms with Crippen LogP contribution in [0.2, 0.25) is 5.02 Å². The molecule has 6 aliphatic rings. The number of benzene rings is 1. The van der Waals surface area contributed by atoms with Gasteiger partial charge >= 0.3 is 24.2 Å². The number of allylic oxidation sites excluding steroid dienone is 3. The Kier molecular flexibility index (Phi) is 16.7. The highest BCUT2D eigenvalue weighted by molar-refractivity contribution is 8.01. The van der Waals surface area contributed by atoms with E-state index in [1.54, 1.807) is 45.9 Å². The molecule has 2 saturated carbocycles. The zero-order chi connectivity index (χ0) is 53.6. The first-order chi connectivity index (χ1) is 34.1. The number of hydroxylamine groups is 2. The second kappa shape index (κ2) is 21.8. The molecule has 73 heavy (non-hydrogen) atoms. The van der Waals surface area contributed by atoms with Gasteiger partial charge in [0.1, 0.15) is 35.4 Å². The van der Waals surface area contributed by atoms with Crippen molar-refractivity contribution in [3.05, 3.63) is 52.1 Å². The molecule has 11 atom stereocenters. The van der Waals surface area contributed by atoms with E-state index in [2.05, 4.69) is 5.32 Å². The monoisotopic (exact) mass is 1060 g/mol. The van der Waals surface area contributed by atoms with Crippen molar-refractivity contribution in [2.75, 3.05) is 19.0 Å². The number of aryl methyl sites for hydroxylation is 1. The third-order valence-electron chi connectivity index (χ3n) is 15.6. The second-order valence-corrected chi connectivity index (χ2v) is 22.6. The molecule has 4 heterocycles. The number of hydrogen-bond acceptors (Lipinski definition) is 15. The van der Waals surface area contributed by atoms with Gasteiger partial charge in [-0.3, -0.25) is 39.0 Å². The second-order valence-electron chi connectivity index (χ2n) is 20.9. The number of likely N-dealkylation sites (N-methyl/N-ethyl adjacent to an activating group) is 1. The van der Waals surface area contributed by atoms with E-state index < -0.39 is 136 Å². The fourth-order valence-corrected chi connectivity index (χ4v) is 12.3. The molecule has 4 aliphatic heterocycles. The Labute approximate surface area is 431 Å². The van der Waals surface area contributed by atoms with Gasteiger partial charge < -0.3 is 29.1 Å². The van der Waals surface area contributed by atoms with Crippen molar-refractivity contribution in [2.45, 2.75) is 165 Å². The van der Waals surface area contributed by atoms with Gasteiger partial charge in [-0.2, -0.15) is 13.2 Å². The number of carbonyl (C=O) groups is 8. The van der Waals surface area contributed by atoms with Gasteiger partial charge in [0.2, 0.25) is 5.91 Å². The molecule has 3 unspecified atom stereocenters. The minimum absolute atomic E-state index is 0.0517. The van der Waals surface area contributed by atoms with Crippen LogP contribution in [-0.2, 0) is 59.0 Å². The summed E-state index contributed by atoms with van der Waals surface area (Å²) in [7, 11) is 2.56. The van der Waals surface area contributed by atoms with Gasteiger partial charge in [-0.25, -0.2) is 9.59 Å². The molecule has 5 fully saturated rings. The Morgan fingerprint density at radius 3 is 2.33 bits per heavy atom. The quantitative estimate of drug-likeness (QED) is 0.0804. The highest BCUT2D eigenvalue weighted by Crippen LogP contribution is 2.50. The van der Waals surface area contributed by atoms with Gasteiger partial charge in [-0.1, -0.05) is 55.3 Å². The summed E-state index contributed by atoms with van der Waals surface area (Å²) in [5, 5.41) is 11.2. The maximum Gasteiger partial charge on any atom is 0.413 e. The molecular weight excluding hydrogens is 1000 g/mol. The zero-order valence-corrected chi connectivity index (χ0v) is 43.7. The van der Waals surface area contributed by atoms with Gasteiger partial charge in [0.15, 0.2) is 11.2 Å². The smallest absolute Gasteiger partial charge is 0.413 e. The molecule has 4 amide bonds. The number of rotatable bonds is 10. The lowest BCUT2D eigenvalue weighted by Gasteiger charge is -2.41. The van der Waals surface area contributed by atoms with Crippen molar-refractivity contribution in [2.24, 2.45) is 29.6 Å². The maximum absolute atomic E-state index is 15.1. The third kappa shape index (κ3) is 12.2. The predicted octanol–water partition coefficient (Wildman–Crippen LogP) is 6.86. The van der Waals surface area contributed by atoms with Crippen molar-refractivity contribution >= 4 is 76.4 Å². The number of anilines is 1. The summed E-state index contributed by atoms with van der Waals surface area (Å²) >= 11 is 7.02. The molecule has 22 heteroatoms. The number of alkyl carbamates (subject to hydrolysis) is 1. The Hall–Kier alpha value is -4.83. The summed E-state index contributed by atoms with van der Waals surface area (Å²) < 4.78 is 63.2. The van der Waals surface area contributed by atoms with Crippen molar-refractivity contribution in [3.63, 3.8) is 0 Å². The fraction of sp³-hybridized carbons (Fsp3) is 0.647. The minimum atomic E-state index is -5.02. The first-order valence-corrected chi connectivity index (χ1v) is 26.0. The number of halogens is 4. The normalized spacial score (nSPS) is 34.4. The van der Waals surface area contributed by atoms with Gasteiger partial charge in [0.05, 0.1) is 40.3 Å². The lowest BCUT2D eigenvalue weighted by molar-refractivity contribution is -0.201. The zero-order valence-electron chi connectivity index (χ0n) is 42.1. The standard InChI is InChI=1S/C51H64ClF3N4O13S/c1-25-10-9-11-27(3)50(68)24-36(69-48(67)56-50)28(4)44-49(6,71-44)38(23-41(63)58(8)34-21-31(18-25)19-26(2)42(34)52)70-45(65)29(5)57(7)47(51(53,54)55)73-37-22-35(60)33(43(37)64)20-30-12-14-32(15-13-30)46(66)72-59-39(61)16-17-40(59)62/h9-11,19,21,27-30,32-33,36-38,44,47,68H,12-18,20,22-24H2,1-8H3,(H,56,67)/b11-9+,25-10+/t27-,28-,29+,30-,32-,33?,36+,37?,38+,44+,47?,49+,50+/m1/s1. The van der Waals surface area contributed by atoms with E-state index in [1.165, 1.54) is 18.9 Å². The topological polar surface area (TPSA) is 219 Å². The van der Waals surface area contributed by atoms with Crippen LogP contribution >= 0.6 is 23.4 Å². The number of ether oxygens (including phenoxy) is 3. The number of alkyl halides is 3. The number of fused-ring (bicyclic) bond motifs is 5. The number of hydrogen-bond donors (Lipinski definition) is 2. The molecule has 2 N–H and O–H groups in total. The van der Waals surface area contributed by atoms with Crippen LogP contribution in [0.15, 0.2) is 35.9 Å². The summed E-state index contributed by atoms with van der Waals surface area (Å²) in [6, 6.07) is 2.02. The summed E-state index contributed by atoms with van der Waals surface area (Å²) in [4.78, 5) is 112. The molecule has 0 radical (unpaired) electrons. The van der Waals surface area contributed by atoms with Crippen LogP contribution in [-0.4, -0.2) is 129 Å². The summed E-state index contributed by atoms with van der Waals surface area (Å²) in [5.74, 6) is -8.06. The van der Waals surface area contributed by atoms with Crippen molar-refractivity contribution < 1.29 is 75.7 Å². The van der Waals surface area contributed by atoms with Crippen LogP contribution in [0.1, 0.15) is 110 Å². The van der Waals surface area contributed by atoms with Gasteiger partial charge in [0.25, 0.3) is 11.8 Å². The lowest BCUT2D eigenvalue weighted by atomic mass is 9.77. The molecule has 1 aromatic carbocycles. The van der Waals surface area contributed by atoms with Crippen LogP contribution in [0.5, 0.6) is 0 Å². The van der Waals surface area contributed by atoms with Crippen LogP contribution < -0.4 is 10.2 Å². The number of imide groups is 1. The number of epoxide rings is 1. The largest absolute Gasteiger partial charge is 0.457 e. The van der Waals surface area contributed by atoms with E-state index in [9.17, 15) is 43.5 Å². The molecule has 0 aromatic heterocycles. The summed E-state index contributed by atoms with van der Waals surface area (Å²) in [6.45, 7) is 9.94. The summed E-state index contributed by atoms with van der Waals surface area (Å²) in [5.41, 5.74) is -0.383. The molecule has 4 bridgehead atoms. The Balaban J connectivity index is 1.06. The molecule has 2 aliphatic carbocycles. The van der Waals surface area contributed by atoms with E-state index >= 15 is 13.2 Å². The number of esters is 1. The van der Waals surface area contributed by atoms with Crippen molar-refractivity contribution in [1.82, 2.24) is 15.3 Å². The molecule has 0 spiro atoms. The SMILES string of the molecule is C/C1=C\C=C\[C@@H](C)[C@@]2(O)C[C@H](OC(=O)N2)[C@@H](C)[C@@H]2O[C@@]2(C)[C@@H](OC(=O)[C@H](C)N(C)C(SC2CC(=O)C(C[C@H]3CC[C@H](C(=O)ON4C(=O)CCC4=O)CC3)C2=O)C(F)(F)F)CC(=O)N(C)c2cc(cc(C)c2Cl)C1. The number of aliphatic hydroxyl groups is 1. The first-order valence-electron chi connectivity index (χ1n) is 24.7. The number of thioether (sulfide) groups is 1. The number of ketones is 2.